The molecule has 196 valence electrons. The summed E-state index contributed by atoms with van der Waals surface area (Å²) in [6.07, 6.45) is 2.34. The Morgan fingerprint density at radius 1 is 0.919 bits per heavy atom. The van der Waals surface area contributed by atoms with Crippen LogP contribution in [0.3, 0.4) is 0 Å². The highest BCUT2D eigenvalue weighted by Crippen LogP contribution is 2.25. The van der Waals surface area contributed by atoms with E-state index in [2.05, 4.69) is 12.2 Å². The molecule has 3 aromatic rings. The second-order valence-electron chi connectivity index (χ2n) is 9.10. The lowest BCUT2D eigenvalue weighted by Crippen LogP contribution is -2.51. The molecule has 0 aromatic heterocycles. The van der Waals surface area contributed by atoms with Crippen LogP contribution in [0.1, 0.15) is 42.0 Å². The molecule has 0 bridgehead atoms. The Bertz CT molecular complexity index is 1160. The van der Waals surface area contributed by atoms with Crippen molar-refractivity contribution in [2.75, 3.05) is 12.3 Å². The Kier molecular flexibility index (Phi) is 11.8. The number of thioether (sulfide) groups is 1. The molecule has 1 atom stereocenters. The molecule has 7 heteroatoms. The van der Waals surface area contributed by atoms with E-state index in [-0.39, 0.29) is 17.6 Å². The zero-order valence-corrected chi connectivity index (χ0v) is 23.7. The third-order valence-electron chi connectivity index (χ3n) is 6.05. The maximum Gasteiger partial charge on any atom is 0.243 e. The summed E-state index contributed by atoms with van der Waals surface area (Å²) < 4.78 is 0. The van der Waals surface area contributed by atoms with Crippen LogP contribution in [0.25, 0.3) is 0 Å². The standard InChI is InChI=1S/C30H34Cl2N2O2S/c1-3-4-16-33-30(36)28(18-23-8-6-5-7-9-23)34(19-24-12-10-22(2)11-13-24)29(35)21-37-20-25-14-15-26(31)27(32)17-25/h5-15,17,28H,3-4,16,18-21H2,1-2H3,(H,33,36). The van der Waals surface area contributed by atoms with E-state index in [0.29, 0.717) is 35.3 Å². The fraction of sp³-hybridized carbons (Fsp3) is 0.333. The lowest BCUT2D eigenvalue weighted by atomic mass is 10.0. The van der Waals surface area contributed by atoms with Crippen molar-refractivity contribution in [2.45, 2.75) is 51.4 Å². The molecule has 37 heavy (non-hydrogen) atoms. The minimum atomic E-state index is -0.612. The highest BCUT2D eigenvalue weighted by molar-refractivity contribution is 7.99. The number of carbonyl (C=O) groups is 2. The largest absolute Gasteiger partial charge is 0.354 e. The highest BCUT2D eigenvalue weighted by Gasteiger charge is 2.30. The van der Waals surface area contributed by atoms with E-state index >= 15 is 0 Å². The summed E-state index contributed by atoms with van der Waals surface area (Å²) in [5.74, 6) is 0.677. The van der Waals surface area contributed by atoms with Gasteiger partial charge in [-0.05, 0) is 42.2 Å². The molecule has 0 aliphatic carbocycles. The van der Waals surface area contributed by atoms with Crippen LogP contribution in [0.2, 0.25) is 10.0 Å². The molecule has 0 fully saturated rings. The van der Waals surface area contributed by atoms with Gasteiger partial charge >= 0.3 is 0 Å². The van der Waals surface area contributed by atoms with Crippen molar-refractivity contribution in [2.24, 2.45) is 0 Å². The number of hydrogen-bond donors (Lipinski definition) is 1. The van der Waals surface area contributed by atoms with Crippen LogP contribution in [0.5, 0.6) is 0 Å². The van der Waals surface area contributed by atoms with Crippen LogP contribution < -0.4 is 5.32 Å². The van der Waals surface area contributed by atoms with Gasteiger partial charge in [-0.25, -0.2) is 0 Å². The van der Waals surface area contributed by atoms with Crippen molar-refractivity contribution in [3.05, 3.63) is 105 Å². The van der Waals surface area contributed by atoms with Crippen LogP contribution in [0.15, 0.2) is 72.8 Å². The van der Waals surface area contributed by atoms with E-state index in [1.807, 2.05) is 73.7 Å². The van der Waals surface area contributed by atoms with Gasteiger partial charge in [0.15, 0.2) is 0 Å². The first-order valence-electron chi connectivity index (χ1n) is 12.6. The molecule has 3 rings (SSSR count). The van der Waals surface area contributed by atoms with Gasteiger partial charge in [0.2, 0.25) is 11.8 Å². The highest BCUT2D eigenvalue weighted by atomic mass is 35.5. The first-order valence-corrected chi connectivity index (χ1v) is 14.5. The van der Waals surface area contributed by atoms with Crippen molar-refractivity contribution >= 4 is 46.8 Å². The van der Waals surface area contributed by atoms with E-state index in [0.717, 1.165) is 35.1 Å². The molecular formula is C30H34Cl2N2O2S. The number of nitrogens with zero attached hydrogens (tertiary/aromatic N) is 1. The smallest absolute Gasteiger partial charge is 0.243 e. The van der Waals surface area contributed by atoms with E-state index in [1.165, 1.54) is 11.8 Å². The van der Waals surface area contributed by atoms with Gasteiger partial charge < -0.3 is 10.2 Å². The quantitative estimate of drug-likeness (QED) is 0.228. The molecule has 3 aromatic carbocycles. The molecule has 0 aliphatic heterocycles. The van der Waals surface area contributed by atoms with Crippen molar-refractivity contribution in [3.63, 3.8) is 0 Å². The minimum absolute atomic E-state index is 0.0720. The molecule has 2 amide bonds. The fourth-order valence-corrected chi connectivity index (χ4v) is 5.10. The number of aryl methyl sites for hydroxylation is 1. The molecule has 0 radical (unpaired) electrons. The summed E-state index contributed by atoms with van der Waals surface area (Å²) in [6, 6.07) is 22.9. The monoisotopic (exact) mass is 556 g/mol. The van der Waals surface area contributed by atoms with Crippen molar-refractivity contribution in [1.82, 2.24) is 10.2 Å². The SMILES string of the molecule is CCCCNC(=O)C(Cc1ccccc1)N(Cc1ccc(C)cc1)C(=O)CSCc1ccc(Cl)c(Cl)c1. The summed E-state index contributed by atoms with van der Waals surface area (Å²) in [6.45, 7) is 5.09. The second kappa shape index (κ2) is 15.1. The van der Waals surface area contributed by atoms with Gasteiger partial charge in [0, 0.05) is 25.3 Å². The van der Waals surface area contributed by atoms with Gasteiger partial charge in [0.05, 0.1) is 15.8 Å². The number of rotatable bonds is 13. The number of nitrogens with one attached hydrogen (secondary N) is 1. The van der Waals surface area contributed by atoms with Gasteiger partial charge in [-0.15, -0.1) is 11.8 Å². The third-order valence-corrected chi connectivity index (χ3v) is 7.78. The van der Waals surface area contributed by atoms with Gasteiger partial charge in [-0.2, -0.15) is 0 Å². The molecule has 0 saturated heterocycles. The van der Waals surface area contributed by atoms with Crippen LogP contribution in [-0.2, 0) is 28.3 Å². The molecule has 4 nitrogen and oxygen atoms in total. The Balaban J connectivity index is 1.82. The average molecular weight is 558 g/mol. The van der Waals surface area contributed by atoms with E-state index in [9.17, 15) is 9.59 Å². The summed E-state index contributed by atoms with van der Waals surface area (Å²) in [5.41, 5.74) is 4.16. The van der Waals surface area contributed by atoms with Crippen LogP contribution in [-0.4, -0.2) is 35.1 Å². The molecule has 1 unspecified atom stereocenters. The zero-order valence-electron chi connectivity index (χ0n) is 21.4. The van der Waals surface area contributed by atoms with Crippen molar-refractivity contribution in [1.29, 1.82) is 0 Å². The molecule has 0 saturated carbocycles. The Labute approximate surface area is 234 Å². The zero-order chi connectivity index (χ0) is 26.6. The predicted molar refractivity (Wildman–Crippen MR) is 156 cm³/mol. The third kappa shape index (κ3) is 9.41. The Hall–Kier alpha value is -2.47. The van der Waals surface area contributed by atoms with E-state index < -0.39 is 6.04 Å². The molecule has 0 spiro atoms. The normalized spacial score (nSPS) is 11.7. The second-order valence-corrected chi connectivity index (χ2v) is 10.9. The van der Waals surface area contributed by atoms with Crippen LogP contribution >= 0.6 is 35.0 Å². The fourth-order valence-electron chi connectivity index (χ4n) is 3.92. The van der Waals surface area contributed by atoms with Gasteiger partial charge in [0.1, 0.15) is 6.04 Å². The number of benzene rings is 3. The molecule has 1 N–H and O–H groups in total. The van der Waals surface area contributed by atoms with Crippen LogP contribution in [0, 0.1) is 6.92 Å². The molecule has 0 aliphatic rings. The number of halogens is 2. The number of hydrogen-bond acceptors (Lipinski definition) is 3. The average Bonchev–Trinajstić information content (AvgIpc) is 2.90. The lowest BCUT2D eigenvalue weighted by Gasteiger charge is -2.31. The maximum atomic E-state index is 13.7. The summed E-state index contributed by atoms with van der Waals surface area (Å²) in [4.78, 5) is 28.8. The minimum Gasteiger partial charge on any atom is -0.354 e. The first-order chi connectivity index (χ1) is 17.9. The topological polar surface area (TPSA) is 49.4 Å². The van der Waals surface area contributed by atoms with Gasteiger partial charge in [-0.3, -0.25) is 9.59 Å². The summed E-state index contributed by atoms with van der Waals surface area (Å²) >= 11 is 13.7. The Morgan fingerprint density at radius 2 is 1.62 bits per heavy atom. The Morgan fingerprint density at radius 3 is 2.30 bits per heavy atom. The first kappa shape index (κ1) is 29.1. The van der Waals surface area contributed by atoms with Gasteiger partial charge in [-0.1, -0.05) is 103 Å². The number of carbonyl (C=O) groups excluding carboxylic acids is 2. The summed E-state index contributed by atoms with van der Waals surface area (Å²) in [5, 5.41) is 4.07. The molecule has 0 heterocycles. The van der Waals surface area contributed by atoms with Crippen molar-refractivity contribution in [3.8, 4) is 0 Å². The number of amides is 2. The van der Waals surface area contributed by atoms with E-state index in [1.54, 1.807) is 11.0 Å². The lowest BCUT2D eigenvalue weighted by molar-refractivity contribution is -0.139. The summed E-state index contributed by atoms with van der Waals surface area (Å²) in [7, 11) is 0. The molecular weight excluding hydrogens is 523 g/mol. The number of unbranched alkanes of at least 4 members (excludes halogenated alkanes) is 1. The maximum absolute atomic E-state index is 13.7. The van der Waals surface area contributed by atoms with Crippen LogP contribution in [0.4, 0.5) is 0 Å². The van der Waals surface area contributed by atoms with Gasteiger partial charge in [0.25, 0.3) is 0 Å². The van der Waals surface area contributed by atoms with E-state index in [4.69, 9.17) is 23.2 Å². The predicted octanol–water partition coefficient (Wildman–Crippen LogP) is 7.09. The van der Waals surface area contributed by atoms with Crippen molar-refractivity contribution < 1.29 is 9.59 Å².